The molecule has 2 aromatic carbocycles. The number of rotatable bonds is 6. The third-order valence-electron chi connectivity index (χ3n) is 4.28. The van der Waals surface area contributed by atoms with Crippen molar-refractivity contribution in [2.24, 2.45) is 0 Å². The molecule has 0 saturated carbocycles. The van der Waals surface area contributed by atoms with Crippen molar-refractivity contribution >= 4 is 11.8 Å². The lowest BCUT2D eigenvalue weighted by Crippen LogP contribution is -2.23. The van der Waals surface area contributed by atoms with Crippen LogP contribution in [0.25, 0.3) is 11.3 Å². The van der Waals surface area contributed by atoms with Gasteiger partial charge in [0.1, 0.15) is 11.5 Å². The molecule has 0 fully saturated rings. The molecule has 3 rings (SSSR count). The number of carbonyl (C=O) groups excluding carboxylic acids is 2. The fraction of sp³-hybridized carbons (Fsp3) is 0.0952. The van der Waals surface area contributed by atoms with E-state index in [1.807, 2.05) is 18.2 Å². The number of ether oxygens (including phenoxy) is 1. The van der Waals surface area contributed by atoms with Gasteiger partial charge in [0.05, 0.1) is 24.6 Å². The zero-order valence-electron chi connectivity index (χ0n) is 15.5. The number of nitrogens with one attached hydrogen (secondary N) is 2. The van der Waals surface area contributed by atoms with E-state index < -0.39 is 11.8 Å². The Morgan fingerprint density at radius 1 is 1.07 bits per heavy atom. The Bertz CT molecular complexity index is 1030. The molecule has 0 aliphatic carbocycles. The van der Waals surface area contributed by atoms with E-state index in [-0.39, 0.29) is 23.4 Å². The molecular weight excluding hydrogens is 374 g/mol. The molecule has 0 radical (unpaired) electrons. The molecule has 1 aromatic heterocycles. The monoisotopic (exact) mass is 393 g/mol. The van der Waals surface area contributed by atoms with Gasteiger partial charge in [-0.3, -0.25) is 19.8 Å². The summed E-state index contributed by atoms with van der Waals surface area (Å²) in [4.78, 5) is 28.1. The number of para-hydroxylation sites is 1. The van der Waals surface area contributed by atoms with Gasteiger partial charge in [0.25, 0.3) is 11.8 Å². The Labute approximate surface area is 166 Å². The van der Waals surface area contributed by atoms with E-state index in [2.05, 4.69) is 10.3 Å². The van der Waals surface area contributed by atoms with Gasteiger partial charge in [-0.2, -0.15) is 0 Å². The van der Waals surface area contributed by atoms with Gasteiger partial charge in [-0.05, 0) is 35.9 Å². The predicted octanol–water partition coefficient (Wildman–Crippen LogP) is 2.51. The highest BCUT2D eigenvalue weighted by atomic mass is 16.5. The van der Waals surface area contributed by atoms with Crippen LogP contribution in [0.1, 0.15) is 26.3 Å². The van der Waals surface area contributed by atoms with Crippen LogP contribution in [0.3, 0.4) is 0 Å². The van der Waals surface area contributed by atoms with Crippen molar-refractivity contribution in [3.05, 3.63) is 77.5 Å². The summed E-state index contributed by atoms with van der Waals surface area (Å²) in [5.41, 5.74) is 3.85. The molecule has 0 aliphatic heterocycles. The minimum atomic E-state index is -0.619. The standard InChI is InChI=1S/C21H19N3O5/c1-29-19-5-3-2-4-15(19)17-10-16(18(25)12-22-17)21(27)23-11-13-6-8-14(9-7-13)20(26)24-28/h2-10,12,25,28H,11H2,1H3,(H,23,27)(H,24,26). The average Bonchev–Trinajstić information content (AvgIpc) is 2.77. The first-order valence-electron chi connectivity index (χ1n) is 8.67. The van der Waals surface area contributed by atoms with Gasteiger partial charge in [0.15, 0.2) is 0 Å². The minimum absolute atomic E-state index is 0.0807. The van der Waals surface area contributed by atoms with E-state index in [1.165, 1.54) is 24.4 Å². The van der Waals surface area contributed by atoms with Crippen molar-refractivity contribution < 1.29 is 24.6 Å². The molecule has 0 spiro atoms. The van der Waals surface area contributed by atoms with Crippen LogP contribution in [0, 0.1) is 0 Å². The van der Waals surface area contributed by atoms with Gasteiger partial charge in [-0.1, -0.05) is 24.3 Å². The number of amides is 2. The second kappa shape index (κ2) is 8.85. The summed E-state index contributed by atoms with van der Waals surface area (Å²) in [5.74, 6) is -0.732. The van der Waals surface area contributed by atoms with Gasteiger partial charge in [0, 0.05) is 17.7 Å². The van der Waals surface area contributed by atoms with Crippen molar-refractivity contribution in [3.63, 3.8) is 0 Å². The predicted molar refractivity (Wildman–Crippen MR) is 105 cm³/mol. The van der Waals surface area contributed by atoms with Crippen molar-refractivity contribution in [1.82, 2.24) is 15.8 Å². The number of hydroxylamine groups is 1. The molecule has 2 amide bonds. The van der Waals surface area contributed by atoms with Crippen LogP contribution < -0.4 is 15.5 Å². The summed E-state index contributed by atoms with van der Waals surface area (Å²) < 4.78 is 5.32. The van der Waals surface area contributed by atoms with Crippen molar-refractivity contribution in [2.75, 3.05) is 7.11 Å². The van der Waals surface area contributed by atoms with Gasteiger partial charge in [-0.25, -0.2) is 5.48 Å². The first-order valence-corrected chi connectivity index (χ1v) is 8.67. The van der Waals surface area contributed by atoms with Gasteiger partial charge >= 0.3 is 0 Å². The summed E-state index contributed by atoms with van der Waals surface area (Å²) in [5, 5.41) is 21.4. The van der Waals surface area contributed by atoms with Crippen LogP contribution >= 0.6 is 0 Å². The third-order valence-corrected chi connectivity index (χ3v) is 4.28. The Kier molecular flexibility index (Phi) is 6.06. The Morgan fingerprint density at radius 3 is 2.48 bits per heavy atom. The van der Waals surface area contributed by atoms with Crippen LogP contribution in [0.15, 0.2) is 60.8 Å². The number of methoxy groups -OCH3 is 1. The van der Waals surface area contributed by atoms with Crippen LogP contribution in [0.2, 0.25) is 0 Å². The van der Waals surface area contributed by atoms with E-state index in [4.69, 9.17) is 9.94 Å². The number of pyridine rings is 1. The Hall–Kier alpha value is -3.91. The molecule has 29 heavy (non-hydrogen) atoms. The fourth-order valence-corrected chi connectivity index (χ4v) is 2.75. The number of carbonyl (C=O) groups is 2. The molecule has 148 valence electrons. The van der Waals surface area contributed by atoms with E-state index in [9.17, 15) is 14.7 Å². The molecule has 1 heterocycles. The highest BCUT2D eigenvalue weighted by Gasteiger charge is 2.15. The zero-order valence-corrected chi connectivity index (χ0v) is 15.5. The SMILES string of the molecule is COc1ccccc1-c1cc(C(=O)NCc2ccc(C(=O)NO)cc2)c(O)cn1. The summed E-state index contributed by atoms with van der Waals surface area (Å²) in [6, 6.07) is 15.1. The zero-order chi connectivity index (χ0) is 20.8. The molecule has 0 saturated heterocycles. The number of hydrogen-bond acceptors (Lipinski definition) is 6. The molecule has 0 bridgehead atoms. The third kappa shape index (κ3) is 4.50. The molecule has 0 aliphatic rings. The summed E-state index contributed by atoms with van der Waals surface area (Å²) >= 11 is 0. The highest BCUT2D eigenvalue weighted by molar-refractivity contribution is 5.97. The molecule has 3 aromatic rings. The number of nitrogens with zero attached hydrogens (tertiary/aromatic N) is 1. The molecule has 8 heteroatoms. The number of benzene rings is 2. The van der Waals surface area contributed by atoms with E-state index in [1.54, 1.807) is 30.8 Å². The van der Waals surface area contributed by atoms with Crippen molar-refractivity contribution in [1.29, 1.82) is 0 Å². The second-order valence-corrected chi connectivity index (χ2v) is 6.11. The fourth-order valence-electron chi connectivity index (χ4n) is 2.75. The van der Waals surface area contributed by atoms with Crippen LogP contribution in [-0.2, 0) is 6.54 Å². The van der Waals surface area contributed by atoms with E-state index >= 15 is 0 Å². The minimum Gasteiger partial charge on any atom is -0.505 e. The molecule has 0 unspecified atom stereocenters. The maximum atomic E-state index is 12.6. The van der Waals surface area contributed by atoms with Crippen LogP contribution in [0.4, 0.5) is 0 Å². The van der Waals surface area contributed by atoms with Crippen LogP contribution in [-0.4, -0.2) is 34.2 Å². The van der Waals surface area contributed by atoms with E-state index in [0.29, 0.717) is 17.0 Å². The summed E-state index contributed by atoms with van der Waals surface area (Å²) in [6.07, 6.45) is 1.22. The number of aromatic hydroxyl groups is 1. The molecular formula is C21H19N3O5. The topological polar surface area (TPSA) is 121 Å². The van der Waals surface area contributed by atoms with Gasteiger partial charge < -0.3 is 15.2 Å². The largest absolute Gasteiger partial charge is 0.505 e. The number of hydrogen-bond donors (Lipinski definition) is 4. The second-order valence-electron chi connectivity index (χ2n) is 6.11. The summed E-state index contributed by atoms with van der Waals surface area (Å²) in [7, 11) is 1.54. The first-order chi connectivity index (χ1) is 14.0. The van der Waals surface area contributed by atoms with Crippen molar-refractivity contribution in [2.45, 2.75) is 6.54 Å². The lowest BCUT2D eigenvalue weighted by atomic mass is 10.1. The smallest absolute Gasteiger partial charge is 0.274 e. The Morgan fingerprint density at radius 2 is 1.79 bits per heavy atom. The van der Waals surface area contributed by atoms with E-state index in [0.717, 1.165) is 5.56 Å². The Balaban J connectivity index is 1.76. The normalized spacial score (nSPS) is 10.3. The maximum Gasteiger partial charge on any atom is 0.274 e. The van der Waals surface area contributed by atoms with Gasteiger partial charge in [0.2, 0.25) is 0 Å². The van der Waals surface area contributed by atoms with Crippen LogP contribution in [0.5, 0.6) is 11.5 Å². The highest BCUT2D eigenvalue weighted by Crippen LogP contribution is 2.30. The quantitative estimate of drug-likeness (QED) is 0.377. The first kappa shape index (κ1) is 19.8. The lowest BCUT2D eigenvalue weighted by molar-refractivity contribution is 0.0706. The molecule has 8 nitrogen and oxygen atoms in total. The molecule has 0 atom stereocenters. The number of aromatic nitrogens is 1. The van der Waals surface area contributed by atoms with Gasteiger partial charge in [-0.15, -0.1) is 0 Å². The lowest BCUT2D eigenvalue weighted by Gasteiger charge is -2.11. The maximum absolute atomic E-state index is 12.6. The molecule has 4 N–H and O–H groups in total. The van der Waals surface area contributed by atoms with Crippen molar-refractivity contribution in [3.8, 4) is 22.8 Å². The average molecular weight is 393 g/mol. The summed E-state index contributed by atoms with van der Waals surface area (Å²) in [6.45, 7) is 0.186.